The van der Waals surface area contributed by atoms with E-state index in [2.05, 4.69) is 36.4 Å². The van der Waals surface area contributed by atoms with Crippen molar-refractivity contribution in [2.75, 3.05) is 18.0 Å². The number of phenols is 1. The van der Waals surface area contributed by atoms with E-state index in [4.69, 9.17) is 10.8 Å². The van der Waals surface area contributed by atoms with Gasteiger partial charge in [0.1, 0.15) is 5.75 Å². The monoisotopic (exact) mass is 518 g/mol. The second kappa shape index (κ2) is 12.4. The summed E-state index contributed by atoms with van der Waals surface area (Å²) in [6.45, 7) is 1.53. The van der Waals surface area contributed by atoms with Gasteiger partial charge in [0.05, 0.1) is 17.9 Å². The molecule has 5 rings (SSSR count). The van der Waals surface area contributed by atoms with E-state index in [0.29, 0.717) is 26.1 Å². The van der Waals surface area contributed by atoms with Gasteiger partial charge in [-0.05, 0) is 72.7 Å². The Kier molecular flexibility index (Phi) is 8.34. The topological polar surface area (TPSA) is 82.2 Å². The van der Waals surface area contributed by atoms with E-state index < -0.39 is 0 Å². The van der Waals surface area contributed by atoms with E-state index >= 15 is 0 Å². The Hall–Kier alpha value is -4.42. The third kappa shape index (κ3) is 6.36. The molecular formula is C33H34N4O2. The maximum absolute atomic E-state index is 13.9. The summed E-state index contributed by atoms with van der Waals surface area (Å²) in [6.07, 6.45) is 3.03. The Morgan fingerprint density at radius 3 is 2.13 bits per heavy atom. The average molecular weight is 519 g/mol. The van der Waals surface area contributed by atoms with E-state index in [9.17, 15) is 9.90 Å². The highest BCUT2D eigenvalue weighted by molar-refractivity contribution is 6.10. The predicted molar refractivity (Wildman–Crippen MR) is 158 cm³/mol. The van der Waals surface area contributed by atoms with E-state index in [0.717, 1.165) is 58.5 Å². The first-order valence-corrected chi connectivity index (χ1v) is 13.5. The second-order valence-electron chi connectivity index (χ2n) is 9.78. The normalized spacial score (nSPS) is 13.2. The number of hydrogen-bond acceptors (Lipinski definition) is 4. The quantitative estimate of drug-likeness (QED) is 0.233. The van der Waals surface area contributed by atoms with Crippen LogP contribution < -0.4 is 10.6 Å². The Labute approximate surface area is 230 Å². The molecule has 4 aromatic rings. The van der Waals surface area contributed by atoms with Gasteiger partial charge in [0.15, 0.2) is 0 Å². The number of nitrogens with zero attached hydrogens (tertiary/aromatic N) is 3. The Morgan fingerprint density at radius 1 is 0.718 bits per heavy atom. The summed E-state index contributed by atoms with van der Waals surface area (Å²) >= 11 is 0. The number of hydrazone groups is 1. The average Bonchev–Trinajstić information content (AvgIpc) is 3.08. The van der Waals surface area contributed by atoms with Gasteiger partial charge in [0.25, 0.3) is 0 Å². The minimum Gasteiger partial charge on any atom is -0.508 e. The van der Waals surface area contributed by atoms with Crippen molar-refractivity contribution < 1.29 is 9.90 Å². The van der Waals surface area contributed by atoms with Crippen molar-refractivity contribution >= 4 is 17.4 Å². The molecule has 0 bridgehead atoms. The maximum atomic E-state index is 13.9. The van der Waals surface area contributed by atoms with Crippen LogP contribution in [0.25, 0.3) is 11.1 Å². The molecule has 0 unspecified atom stereocenters. The van der Waals surface area contributed by atoms with E-state index in [1.54, 1.807) is 17.1 Å². The molecule has 39 heavy (non-hydrogen) atoms. The number of urea groups is 1. The minimum atomic E-state index is -0.133. The number of fused-ring (bicyclic) bond motifs is 1. The number of aromatic hydroxyl groups is 1. The van der Waals surface area contributed by atoms with Gasteiger partial charge < -0.3 is 10.8 Å². The summed E-state index contributed by atoms with van der Waals surface area (Å²) in [5.74, 6) is 0.250. The SMILES string of the molecule is NCCCCN1N=C(CCc2ccc(O)cc2)c2ccccc2N(Cc2ccc(-c3ccccc3)cc2)C1=O. The van der Waals surface area contributed by atoms with Gasteiger partial charge in [-0.2, -0.15) is 5.10 Å². The number of unbranched alkanes of at least 4 members (excludes halogenated alkanes) is 1. The number of nitrogens with two attached hydrogens (primary N) is 1. The molecule has 198 valence electrons. The van der Waals surface area contributed by atoms with Gasteiger partial charge in [-0.1, -0.05) is 84.9 Å². The molecule has 3 N–H and O–H groups in total. The lowest BCUT2D eigenvalue weighted by Crippen LogP contribution is -2.40. The van der Waals surface area contributed by atoms with Crippen LogP contribution in [0.4, 0.5) is 10.5 Å². The summed E-state index contributed by atoms with van der Waals surface area (Å²) < 4.78 is 0. The first kappa shape index (κ1) is 26.2. The Balaban J connectivity index is 1.44. The van der Waals surface area contributed by atoms with Crippen molar-refractivity contribution in [3.8, 4) is 16.9 Å². The van der Waals surface area contributed by atoms with Crippen molar-refractivity contribution in [3.05, 3.63) is 120 Å². The van der Waals surface area contributed by atoms with Gasteiger partial charge in [-0.25, -0.2) is 9.80 Å². The molecular weight excluding hydrogens is 484 g/mol. The lowest BCUT2D eigenvalue weighted by Gasteiger charge is -2.27. The Bertz CT molecular complexity index is 1420. The van der Waals surface area contributed by atoms with E-state index in [-0.39, 0.29) is 11.8 Å². The molecule has 2 amide bonds. The first-order chi connectivity index (χ1) is 19.1. The number of para-hydroxylation sites is 1. The molecule has 0 aliphatic carbocycles. The molecule has 1 aliphatic heterocycles. The molecule has 6 nitrogen and oxygen atoms in total. The van der Waals surface area contributed by atoms with Crippen LogP contribution in [-0.2, 0) is 13.0 Å². The zero-order valence-electron chi connectivity index (χ0n) is 22.0. The van der Waals surface area contributed by atoms with E-state index in [1.807, 2.05) is 59.5 Å². The number of hydrogen-bond donors (Lipinski definition) is 2. The molecule has 1 heterocycles. The van der Waals surface area contributed by atoms with Crippen molar-refractivity contribution in [2.45, 2.75) is 32.2 Å². The van der Waals surface area contributed by atoms with Gasteiger partial charge in [0.2, 0.25) is 0 Å². The minimum absolute atomic E-state index is 0.133. The highest BCUT2D eigenvalue weighted by Crippen LogP contribution is 2.30. The highest BCUT2D eigenvalue weighted by atomic mass is 16.3. The van der Waals surface area contributed by atoms with Crippen molar-refractivity contribution in [1.82, 2.24) is 5.01 Å². The lowest BCUT2D eigenvalue weighted by molar-refractivity contribution is 0.206. The third-order valence-electron chi connectivity index (χ3n) is 7.01. The number of carbonyl (C=O) groups excluding carboxylic acids is 1. The zero-order valence-corrected chi connectivity index (χ0v) is 22.0. The summed E-state index contributed by atoms with van der Waals surface area (Å²) in [4.78, 5) is 15.8. The molecule has 0 radical (unpaired) electrons. The van der Waals surface area contributed by atoms with Crippen LogP contribution >= 0.6 is 0 Å². The predicted octanol–water partition coefficient (Wildman–Crippen LogP) is 6.58. The molecule has 0 atom stereocenters. The number of aryl methyl sites for hydroxylation is 1. The number of anilines is 1. The van der Waals surface area contributed by atoms with Crippen LogP contribution in [0, 0.1) is 0 Å². The fraction of sp³-hybridized carbons (Fsp3) is 0.212. The highest BCUT2D eigenvalue weighted by Gasteiger charge is 2.29. The largest absolute Gasteiger partial charge is 0.508 e. The van der Waals surface area contributed by atoms with Gasteiger partial charge in [-0.15, -0.1) is 0 Å². The summed E-state index contributed by atoms with van der Waals surface area (Å²) in [6, 6.07) is 33.8. The maximum Gasteiger partial charge on any atom is 0.345 e. The van der Waals surface area contributed by atoms with E-state index in [1.165, 1.54) is 0 Å². The molecule has 4 aromatic carbocycles. The molecule has 0 saturated heterocycles. The van der Waals surface area contributed by atoms with Crippen LogP contribution in [-0.4, -0.2) is 34.9 Å². The van der Waals surface area contributed by atoms with Crippen LogP contribution in [0.2, 0.25) is 0 Å². The fourth-order valence-electron chi connectivity index (χ4n) is 4.87. The van der Waals surface area contributed by atoms with Gasteiger partial charge in [0, 0.05) is 12.1 Å². The molecule has 0 fully saturated rings. The van der Waals surface area contributed by atoms with Crippen molar-refractivity contribution in [2.24, 2.45) is 10.8 Å². The van der Waals surface area contributed by atoms with Crippen LogP contribution in [0.1, 0.15) is 36.0 Å². The van der Waals surface area contributed by atoms with Crippen molar-refractivity contribution in [3.63, 3.8) is 0 Å². The third-order valence-corrected chi connectivity index (χ3v) is 7.01. The Morgan fingerprint density at radius 2 is 1.38 bits per heavy atom. The second-order valence-corrected chi connectivity index (χ2v) is 9.78. The van der Waals surface area contributed by atoms with Gasteiger partial charge in [-0.3, -0.25) is 4.90 Å². The van der Waals surface area contributed by atoms with Crippen molar-refractivity contribution in [1.29, 1.82) is 0 Å². The standard InChI is InChI=1S/C33H34N4O2/c34-22-6-7-23-37-33(39)36(24-26-12-17-28(18-13-26)27-8-2-1-3-9-27)32-11-5-4-10-30(32)31(35-37)21-16-25-14-19-29(38)20-15-25/h1-5,8-15,17-20,38H,6-7,16,21-24,34H2. The van der Waals surface area contributed by atoms with Crippen LogP contribution in [0.3, 0.4) is 0 Å². The fourth-order valence-corrected chi connectivity index (χ4v) is 4.87. The molecule has 0 spiro atoms. The smallest absolute Gasteiger partial charge is 0.345 e. The molecule has 0 saturated carbocycles. The number of rotatable bonds is 10. The van der Waals surface area contributed by atoms with Crippen LogP contribution in [0.15, 0.2) is 108 Å². The zero-order chi connectivity index (χ0) is 27.0. The summed E-state index contributed by atoms with van der Waals surface area (Å²) in [5.41, 5.74) is 12.9. The first-order valence-electron chi connectivity index (χ1n) is 13.5. The number of amides is 2. The molecule has 6 heteroatoms. The van der Waals surface area contributed by atoms with Crippen LogP contribution in [0.5, 0.6) is 5.75 Å². The number of benzene rings is 4. The summed E-state index contributed by atoms with van der Waals surface area (Å²) in [5, 5.41) is 16.2. The molecule has 0 aromatic heterocycles. The van der Waals surface area contributed by atoms with Gasteiger partial charge >= 0.3 is 6.03 Å². The molecule has 1 aliphatic rings. The lowest BCUT2D eigenvalue weighted by atomic mass is 9.99. The number of phenolic OH excluding ortho intramolecular Hbond substituents is 1. The summed E-state index contributed by atoms with van der Waals surface area (Å²) in [7, 11) is 0. The number of carbonyl (C=O) groups is 1.